The Labute approximate surface area is 145 Å². The number of anilines is 1. The van der Waals surface area contributed by atoms with Crippen molar-refractivity contribution in [3.8, 4) is 0 Å². The van der Waals surface area contributed by atoms with Gasteiger partial charge in [-0.2, -0.15) is 4.98 Å². The zero-order chi connectivity index (χ0) is 15.5. The summed E-state index contributed by atoms with van der Waals surface area (Å²) in [4.78, 5) is 17.6. The van der Waals surface area contributed by atoms with Gasteiger partial charge in [0.05, 0.1) is 10.9 Å². The number of likely N-dealkylation sites (N-methyl/N-ethyl adjacent to an activating group) is 1. The first-order chi connectivity index (χ1) is 10.7. The number of nitrogens with zero attached hydrogens (tertiary/aromatic N) is 2. The number of aromatic nitrogens is 2. The second-order valence-corrected chi connectivity index (χ2v) is 6.54. The molecule has 0 radical (unpaired) electrons. The van der Waals surface area contributed by atoms with Crippen molar-refractivity contribution in [1.29, 1.82) is 0 Å². The molecular formula is C15H19ClN4O2S. The number of nitrogens with one attached hydrogen (secondary N) is 2. The molecule has 1 aliphatic rings. The molecule has 1 aliphatic heterocycles. The first-order valence-corrected chi connectivity index (χ1v) is 8.09. The molecule has 2 N–H and O–H groups in total. The number of hydrogen-bond donors (Lipinski definition) is 2. The summed E-state index contributed by atoms with van der Waals surface area (Å²) < 4.78 is 5.27. The van der Waals surface area contributed by atoms with Gasteiger partial charge in [0.15, 0.2) is 5.82 Å². The molecule has 0 bridgehead atoms. The molecule has 0 saturated heterocycles. The Hall–Kier alpha value is -1.57. The van der Waals surface area contributed by atoms with Crippen LogP contribution in [0.3, 0.4) is 0 Å². The summed E-state index contributed by atoms with van der Waals surface area (Å²) in [6.07, 6.45) is 1.14. The molecule has 6 nitrogen and oxygen atoms in total. The van der Waals surface area contributed by atoms with Crippen molar-refractivity contribution < 1.29 is 9.32 Å². The van der Waals surface area contributed by atoms with Crippen molar-refractivity contribution in [2.75, 3.05) is 12.4 Å². The highest BCUT2D eigenvalue weighted by molar-refractivity contribution is 8.01. The number of carbonyl (C=O) groups is 1. The lowest BCUT2D eigenvalue weighted by atomic mass is 10.2. The molecule has 8 heteroatoms. The minimum absolute atomic E-state index is 0. The summed E-state index contributed by atoms with van der Waals surface area (Å²) in [6.45, 7) is 2.05. The highest BCUT2D eigenvalue weighted by Gasteiger charge is 2.28. The molecule has 124 valence electrons. The largest absolute Gasteiger partial charge is 0.339 e. The van der Waals surface area contributed by atoms with Crippen molar-refractivity contribution in [1.82, 2.24) is 15.5 Å². The number of hydrogen-bond acceptors (Lipinski definition) is 6. The topological polar surface area (TPSA) is 80.0 Å². The van der Waals surface area contributed by atoms with Gasteiger partial charge in [-0.05, 0) is 26.1 Å². The summed E-state index contributed by atoms with van der Waals surface area (Å²) in [7, 11) is 1.89. The zero-order valence-electron chi connectivity index (χ0n) is 12.9. The number of fused-ring (bicyclic) bond motifs is 1. The van der Waals surface area contributed by atoms with E-state index in [4.69, 9.17) is 4.52 Å². The molecule has 3 rings (SSSR count). The average Bonchev–Trinajstić information content (AvgIpc) is 2.95. The van der Waals surface area contributed by atoms with Crippen molar-refractivity contribution in [2.24, 2.45) is 0 Å². The van der Waals surface area contributed by atoms with Crippen molar-refractivity contribution in [3.63, 3.8) is 0 Å². The van der Waals surface area contributed by atoms with Crippen LogP contribution in [0.25, 0.3) is 0 Å². The lowest BCUT2D eigenvalue weighted by Gasteiger charge is -2.22. The van der Waals surface area contributed by atoms with Gasteiger partial charge in [0.1, 0.15) is 0 Å². The average molecular weight is 355 g/mol. The van der Waals surface area contributed by atoms with Gasteiger partial charge >= 0.3 is 0 Å². The van der Waals surface area contributed by atoms with Crippen LogP contribution in [0.15, 0.2) is 33.7 Å². The van der Waals surface area contributed by atoms with E-state index in [0.29, 0.717) is 24.6 Å². The van der Waals surface area contributed by atoms with E-state index >= 15 is 0 Å². The molecule has 0 fully saturated rings. The van der Waals surface area contributed by atoms with E-state index in [1.165, 1.54) is 11.8 Å². The van der Waals surface area contributed by atoms with Gasteiger partial charge in [-0.15, -0.1) is 24.2 Å². The van der Waals surface area contributed by atoms with E-state index < -0.39 is 0 Å². The van der Waals surface area contributed by atoms with E-state index in [1.54, 1.807) is 0 Å². The molecule has 2 heterocycles. The zero-order valence-corrected chi connectivity index (χ0v) is 14.5. The lowest BCUT2D eigenvalue weighted by Crippen LogP contribution is -2.30. The summed E-state index contributed by atoms with van der Waals surface area (Å²) in [5, 5.41) is 9.78. The lowest BCUT2D eigenvalue weighted by molar-refractivity contribution is -0.115. The highest BCUT2D eigenvalue weighted by Crippen LogP contribution is 2.36. The van der Waals surface area contributed by atoms with Crippen LogP contribution < -0.4 is 10.6 Å². The van der Waals surface area contributed by atoms with E-state index in [1.807, 2.05) is 31.3 Å². The molecule has 2 aromatic rings. The second kappa shape index (κ2) is 7.81. The summed E-state index contributed by atoms with van der Waals surface area (Å²) in [5.41, 5.74) is 0.864. The Kier molecular flexibility index (Phi) is 6.04. The third-order valence-electron chi connectivity index (χ3n) is 3.56. The van der Waals surface area contributed by atoms with Crippen LogP contribution in [0.5, 0.6) is 0 Å². The Morgan fingerprint density at radius 2 is 2.22 bits per heavy atom. The maximum Gasteiger partial charge on any atom is 0.238 e. The molecule has 1 aromatic heterocycles. The minimum atomic E-state index is -0.245. The molecule has 2 unspecified atom stereocenters. The predicted octanol–water partition coefficient (Wildman–Crippen LogP) is 2.30. The van der Waals surface area contributed by atoms with Gasteiger partial charge in [-0.1, -0.05) is 17.3 Å². The Bertz CT molecular complexity index is 679. The number of thioether (sulfide) groups is 1. The van der Waals surface area contributed by atoms with E-state index in [0.717, 1.165) is 10.6 Å². The molecular weight excluding hydrogens is 336 g/mol. The van der Waals surface area contributed by atoms with Crippen LogP contribution in [0.4, 0.5) is 5.69 Å². The number of rotatable bonds is 5. The van der Waals surface area contributed by atoms with Crippen molar-refractivity contribution in [3.05, 3.63) is 36.0 Å². The van der Waals surface area contributed by atoms with Gasteiger partial charge in [0, 0.05) is 23.8 Å². The molecule has 0 aliphatic carbocycles. The maximum atomic E-state index is 12.2. The summed E-state index contributed by atoms with van der Waals surface area (Å²) >= 11 is 1.54. The Morgan fingerprint density at radius 1 is 1.43 bits per heavy atom. The van der Waals surface area contributed by atoms with Crippen LogP contribution in [-0.4, -0.2) is 34.4 Å². The van der Waals surface area contributed by atoms with Crippen molar-refractivity contribution >= 4 is 35.8 Å². The van der Waals surface area contributed by atoms with Gasteiger partial charge < -0.3 is 15.2 Å². The highest BCUT2D eigenvalue weighted by atomic mass is 35.5. The summed E-state index contributed by atoms with van der Waals surface area (Å²) in [5.74, 6) is 1.15. The fraction of sp³-hybridized carbons (Fsp3) is 0.400. The number of halogens is 1. The fourth-order valence-corrected chi connectivity index (χ4v) is 3.32. The Balaban J connectivity index is 0.00000192. The number of amides is 1. The second-order valence-electron chi connectivity index (χ2n) is 5.29. The number of benzene rings is 1. The van der Waals surface area contributed by atoms with Crippen molar-refractivity contribution in [2.45, 2.75) is 36.0 Å². The maximum absolute atomic E-state index is 12.2. The monoisotopic (exact) mass is 354 g/mol. The van der Waals surface area contributed by atoms with Crippen LogP contribution in [0.2, 0.25) is 0 Å². The van der Waals surface area contributed by atoms with Crippen LogP contribution in [0, 0.1) is 0 Å². The first kappa shape index (κ1) is 17.8. The van der Waals surface area contributed by atoms with Crippen LogP contribution >= 0.6 is 24.2 Å². The van der Waals surface area contributed by atoms with E-state index in [-0.39, 0.29) is 29.6 Å². The predicted molar refractivity (Wildman–Crippen MR) is 92.2 cm³/mol. The third-order valence-corrected chi connectivity index (χ3v) is 4.83. The number of para-hydroxylation sites is 1. The third kappa shape index (κ3) is 4.25. The molecule has 1 amide bonds. The van der Waals surface area contributed by atoms with Gasteiger partial charge in [0.2, 0.25) is 11.8 Å². The number of carbonyl (C=O) groups excluding carboxylic acids is 1. The smallest absolute Gasteiger partial charge is 0.238 e. The van der Waals surface area contributed by atoms with Crippen LogP contribution in [0.1, 0.15) is 18.6 Å². The van der Waals surface area contributed by atoms with E-state index in [9.17, 15) is 4.79 Å². The van der Waals surface area contributed by atoms with Gasteiger partial charge in [-0.25, -0.2) is 0 Å². The molecule has 2 atom stereocenters. The Morgan fingerprint density at radius 3 is 3.00 bits per heavy atom. The van der Waals surface area contributed by atoms with Gasteiger partial charge in [-0.3, -0.25) is 4.79 Å². The van der Waals surface area contributed by atoms with E-state index in [2.05, 4.69) is 27.7 Å². The quantitative estimate of drug-likeness (QED) is 0.857. The normalized spacial score (nSPS) is 17.8. The standard InChI is InChI=1S/C15H18N4O2S.ClH/c1-9(16-2)7-13-18-14(21-19-13)8-12-15(20)17-10-5-3-4-6-11(10)22-12;/h3-6,9,12,16H,7-8H2,1-2H3,(H,17,20);1H. The van der Waals surface area contributed by atoms with Gasteiger partial charge in [0.25, 0.3) is 0 Å². The minimum Gasteiger partial charge on any atom is -0.339 e. The molecule has 0 saturated carbocycles. The molecule has 23 heavy (non-hydrogen) atoms. The summed E-state index contributed by atoms with van der Waals surface area (Å²) in [6, 6.07) is 8.06. The molecule has 0 spiro atoms. The fourth-order valence-electron chi connectivity index (χ4n) is 2.22. The first-order valence-electron chi connectivity index (χ1n) is 7.21. The molecule has 1 aromatic carbocycles. The van der Waals surface area contributed by atoms with Crippen LogP contribution in [-0.2, 0) is 17.6 Å². The SMILES string of the molecule is CNC(C)Cc1noc(CC2Sc3ccccc3NC2=O)n1.Cl.